The first-order valence-electron chi connectivity index (χ1n) is 5.27. The van der Waals surface area contributed by atoms with Crippen LogP contribution >= 0.6 is 27.7 Å². The van der Waals surface area contributed by atoms with E-state index < -0.39 is 0 Å². The molecule has 1 aromatic rings. The van der Waals surface area contributed by atoms with Crippen molar-refractivity contribution in [1.82, 2.24) is 5.32 Å². The quantitative estimate of drug-likeness (QED) is 0.920. The van der Waals surface area contributed by atoms with Gasteiger partial charge in [-0.2, -0.15) is 11.8 Å². The molecule has 1 aliphatic carbocycles. The van der Waals surface area contributed by atoms with E-state index in [4.69, 9.17) is 4.42 Å². The summed E-state index contributed by atoms with van der Waals surface area (Å²) in [5.74, 6) is 1.00. The number of halogens is 1. The third kappa shape index (κ3) is 3.02. The molecule has 1 heterocycles. The SMILES string of the molecule is CSC1CCC(NCc2occc2Br)C1. The molecule has 2 atom stereocenters. The van der Waals surface area contributed by atoms with Gasteiger partial charge >= 0.3 is 0 Å². The van der Waals surface area contributed by atoms with E-state index in [0.29, 0.717) is 6.04 Å². The molecule has 0 saturated heterocycles. The fourth-order valence-corrected chi connectivity index (χ4v) is 3.17. The van der Waals surface area contributed by atoms with Gasteiger partial charge in [-0.3, -0.25) is 0 Å². The average molecular weight is 290 g/mol. The smallest absolute Gasteiger partial charge is 0.131 e. The van der Waals surface area contributed by atoms with Crippen LogP contribution in [0.3, 0.4) is 0 Å². The molecule has 2 rings (SSSR count). The zero-order chi connectivity index (χ0) is 10.7. The van der Waals surface area contributed by atoms with Crippen LogP contribution in [0.25, 0.3) is 0 Å². The number of rotatable bonds is 4. The Morgan fingerprint density at radius 3 is 3.07 bits per heavy atom. The molecule has 0 spiro atoms. The van der Waals surface area contributed by atoms with Gasteiger partial charge in [0.25, 0.3) is 0 Å². The molecule has 4 heteroatoms. The van der Waals surface area contributed by atoms with Crippen molar-refractivity contribution in [3.63, 3.8) is 0 Å². The fourth-order valence-electron chi connectivity index (χ4n) is 2.03. The van der Waals surface area contributed by atoms with Crippen LogP contribution in [0.2, 0.25) is 0 Å². The van der Waals surface area contributed by atoms with E-state index in [1.54, 1.807) is 6.26 Å². The van der Waals surface area contributed by atoms with Gasteiger partial charge in [0.05, 0.1) is 17.3 Å². The van der Waals surface area contributed by atoms with E-state index in [1.165, 1.54) is 19.3 Å². The molecule has 0 radical (unpaired) electrons. The second-order valence-corrected chi connectivity index (χ2v) is 5.93. The number of nitrogens with one attached hydrogen (secondary N) is 1. The van der Waals surface area contributed by atoms with Gasteiger partial charge in [0.1, 0.15) is 5.76 Å². The zero-order valence-electron chi connectivity index (χ0n) is 8.83. The summed E-state index contributed by atoms with van der Waals surface area (Å²) in [4.78, 5) is 0. The second-order valence-electron chi connectivity index (χ2n) is 3.94. The maximum absolute atomic E-state index is 5.36. The lowest BCUT2D eigenvalue weighted by molar-refractivity contribution is 0.444. The van der Waals surface area contributed by atoms with Crippen LogP contribution in [-0.2, 0) is 6.54 Å². The van der Waals surface area contributed by atoms with Crippen LogP contribution in [0.5, 0.6) is 0 Å². The molecule has 1 aromatic heterocycles. The van der Waals surface area contributed by atoms with E-state index in [-0.39, 0.29) is 0 Å². The summed E-state index contributed by atoms with van der Waals surface area (Å²) < 4.78 is 6.43. The summed E-state index contributed by atoms with van der Waals surface area (Å²) in [6, 6.07) is 2.61. The Kier molecular flexibility index (Phi) is 4.17. The van der Waals surface area contributed by atoms with Gasteiger partial charge in [0.2, 0.25) is 0 Å². The molecule has 0 aliphatic heterocycles. The van der Waals surface area contributed by atoms with E-state index in [0.717, 1.165) is 22.0 Å². The summed E-state index contributed by atoms with van der Waals surface area (Å²) >= 11 is 5.45. The summed E-state index contributed by atoms with van der Waals surface area (Å²) in [7, 11) is 0. The zero-order valence-corrected chi connectivity index (χ0v) is 11.2. The Bertz CT molecular complexity index is 315. The van der Waals surface area contributed by atoms with Gasteiger partial charge in [0, 0.05) is 11.3 Å². The van der Waals surface area contributed by atoms with Gasteiger partial charge in [-0.1, -0.05) is 0 Å². The van der Waals surface area contributed by atoms with Crippen LogP contribution < -0.4 is 5.32 Å². The van der Waals surface area contributed by atoms with Crippen LogP contribution in [0.1, 0.15) is 25.0 Å². The molecular weight excluding hydrogens is 274 g/mol. The highest BCUT2D eigenvalue weighted by Gasteiger charge is 2.23. The Balaban J connectivity index is 1.77. The minimum absolute atomic E-state index is 0.666. The maximum atomic E-state index is 5.36. The first kappa shape index (κ1) is 11.6. The first-order valence-corrected chi connectivity index (χ1v) is 7.35. The van der Waals surface area contributed by atoms with Crippen LogP contribution in [0.4, 0.5) is 0 Å². The molecule has 84 valence electrons. The van der Waals surface area contributed by atoms with E-state index in [9.17, 15) is 0 Å². The fraction of sp³-hybridized carbons (Fsp3) is 0.636. The van der Waals surface area contributed by atoms with E-state index in [1.807, 2.05) is 17.8 Å². The Hall–Kier alpha value is 0.0700. The van der Waals surface area contributed by atoms with Crippen molar-refractivity contribution in [2.45, 2.75) is 37.1 Å². The third-order valence-electron chi connectivity index (χ3n) is 2.96. The van der Waals surface area contributed by atoms with Crippen molar-refractivity contribution < 1.29 is 4.42 Å². The number of hydrogen-bond donors (Lipinski definition) is 1. The van der Waals surface area contributed by atoms with Gasteiger partial charge in [0.15, 0.2) is 0 Å². The molecule has 2 unspecified atom stereocenters. The van der Waals surface area contributed by atoms with E-state index >= 15 is 0 Å². The molecular formula is C11H16BrNOS. The summed E-state index contributed by atoms with van der Waals surface area (Å²) in [5, 5.41) is 4.40. The molecule has 0 aromatic carbocycles. The molecule has 1 fully saturated rings. The largest absolute Gasteiger partial charge is 0.467 e. The first-order chi connectivity index (χ1) is 7.29. The highest BCUT2D eigenvalue weighted by Crippen LogP contribution is 2.28. The van der Waals surface area contributed by atoms with Gasteiger partial charge in [-0.15, -0.1) is 0 Å². The highest BCUT2D eigenvalue weighted by molar-refractivity contribution is 9.10. The normalized spacial score (nSPS) is 26.0. The molecule has 15 heavy (non-hydrogen) atoms. The average Bonchev–Trinajstić information content (AvgIpc) is 2.84. The second kappa shape index (κ2) is 5.41. The van der Waals surface area contributed by atoms with Crippen molar-refractivity contribution in [2.24, 2.45) is 0 Å². The van der Waals surface area contributed by atoms with Crippen LogP contribution in [-0.4, -0.2) is 17.5 Å². The van der Waals surface area contributed by atoms with Crippen molar-refractivity contribution in [3.05, 3.63) is 22.6 Å². The van der Waals surface area contributed by atoms with Crippen LogP contribution in [0, 0.1) is 0 Å². The van der Waals surface area contributed by atoms with Crippen molar-refractivity contribution in [3.8, 4) is 0 Å². The molecule has 2 nitrogen and oxygen atoms in total. The third-order valence-corrected chi connectivity index (χ3v) is 4.76. The van der Waals surface area contributed by atoms with Crippen LogP contribution in [0.15, 0.2) is 21.2 Å². The highest BCUT2D eigenvalue weighted by atomic mass is 79.9. The van der Waals surface area contributed by atoms with Gasteiger partial charge in [-0.05, 0) is 47.5 Å². The minimum Gasteiger partial charge on any atom is -0.467 e. The van der Waals surface area contributed by atoms with Gasteiger partial charge < -0.3 is 9.73 Å². The Morgan fingerprint density at radius 2 is 2.47 bits per heavy atom. The predicted octanol–water partition coefficient (Wildman–Crippen LogP) is 3.42. The van der Waals surface area contributed by atoms with Crippen molar-refractivity contribution in [2.75, 3.05) is 6.26 Å². The maximum Gasteiger partial charge on any atom is 0.131 e. The lowest BCUT2D eigenvalue weighted by atomic mass is 10.2. The number of furan rings is 1. The van der Waals surface area contributed by atoms with Gasteiger partial charge in [-0.25, -0.2) is 0 Å². The molecule has 1 N–H and O–H groups in total. The lowest BCUT2D eigenvalue weighted by Crippen LogP contribution is -2.26. The van der Waals surface area contributed by atoms with E-state index in [2.05, 4.69) is 27.5 Å². The lowest BCUT2D eigenvalue weighted by Gasteiger charge is -2.11. The molecule has 0 amide bonds. The standard InChI is InChI=1S/C11H16BrNOS/c1-15-9-3-2-8(6-9)13-7-11-10(12)4-5-14-11/h4-5,8-9,13H,2-3,6-7H2,1H3. The summed E-state index contributed by atoms with van der Waals surface area (Å²) in [6.45, 7) is 0.833. The van der Waals surface area contributed by atoms with Crippen molar-refractivity contribution >= 4 is 27.7 Å². The molecule has 0 bridgehead atoms. The topological polar surface area (TPSA) is 25.2 Å². The number of thioether (sulfide) groups is 1. The molecule has 1 aliphatic rings. The number of hydrogen-bond acceptors (Lipinski definition) is 3. The summed E-state index contributed by atoms with van der Waals surface area (Å²) in [6.07, 6.45) is 7.86. The Morgan fingerprint density at radius 1 is 1.60 bits per heavy atom. The minimum atomic E-state index is 0.666. The Labute approximate surface area is 103 Å². The predicted molar refractivity (Wildman–Crippen MR) is 68.2 cm³/mol. The summed E-state index contributed by atoms with van der Waals surface area (Å²) in [5.41, 5.74) is 0. The molecule has 1 saturated carbocycles. The van der Waals surface area contributed by atoms with Crippen molar-refractivity contribution in [1.29, 1.82) is 0 Å². The monoisotopic (exact) mass is 289 g/mol.